The number of aliphatic hydroxyl groups excluding tert-OH is 1. The van der Waals surface area contributed by atoms with E-state index in [9.17, 15) is 0 Å². The van der Waals surface area contributed by atoms with Crippen molar-refractivity contribution in [2.24, 2.45) is 0 Å². The van der Waals surface area contributed by atoms with Crippen LogP contribution < -0.4 is 0 Å². The monoisotopic (exact) mass is 364 g/mol. The van der Waals surface area contributed by atoms with Crippen LogP contribution in [0.1, 0.15) is 87.0 Å². The van der Waals surface area contributed by atoms with E-state index in [1.165, 1.54) is 35.1 Å². The van der Waals surface area contributed by atoms with E-state index in [2.05, 4.69) is 66.7 Å². The maximum Gasteiger partial charge on any atom is 0.0649 e. The van der Waals surface area contributed by atoms with Gasteiger partial charge in [0.1, 0.15) is 0 Å². The lowest BCUT2D eigenvalue weighted by Gasteiger charge is -2.01. The molecule has 0 aromatic carbocycles. The number of hydrogen-bond donors (Lipinski definition) is 1. The summed E-state index contributed by atoms with van der Waals surface area (Å²) in [7, 11) is 0. The van der Waals surface area contributed by atoms with Crippen LogP contribution in [0.2, 0.25) is 0 Å². The fourth-order valence-electron chi connectivity index (χ4n) is 2.07. The van der Waals surface area contributed by atoms with Crippen molar-refractivity contribution in [2.45, 2.75) is 87.0 Å². The van der Waals surface area contributed by atoms with Crippen molar-refractivity contribution >= 4 is 0 Å². The van der Waals surface area contributed by atoms with Gasteiger partial charge in [0, 0.05) is 6.61 Å². The van der Waals surface area contributed by atoms with E-state index < -0.39 is 0 Å². The molecule has 1 N–H and O–H groups in total. The molecule has 2 nitrogen and oxygen atoms in total. The summed E-state index contributed by atoms with van der Waals surface area (Å²) in [5.41, 5.74) is 5.47. The van der Waals surface area contributed by atoms with Crippen LogP contribution in [0.15, 0.2) is 46.6 Å². The Labute approximate surface area is 163 Å². The van der Waals surface area contributed by atoms with Crippen LogP contribution in [-0.2, 0) is 4.74 Å². The van der Waals surface area contributed by atoms with Gasteiger partial charge >= 0.3 is 0 Å². The quantitative estimate of drug-likeness (QED) is 0.294. The van der Waals surface area contributed by atoms with E-state index in [4.69, 9.17) is 9.84 Å². The summed E-state index contributed by atoms with van der Waals surface area (Å²) in [5, 5.41) is 8.55. The Kier molecular flexibility index (Phi) is 21.1. The summed E-state index contributed by atoms with van der Waals surface area (Å²) < 4.78 is 5.48. The average Bonchev–Trinajstić information content (AvgIpc) is 2.55. The topological polar surface area (TPSA) is 29.5 Å². The molecule has 0 rings (SSSR count). The zero-order chi connectivity index (χ0) is 20.2. The standard InChI is InChI=1S/C14H26O.C10H18O/c1-5-6-11-15-12-10-14(4)9-7-8-13(2)3;1-9(2)5-4-6-10(3)7-8-11/h8,10H,5-7,9,11-12H2,1-4H3;5,7,11H,4,6,8H2,1-3H3/b;10-7+. The largest absolute Gasteiger partial charge is 0.392 e. The SMILES string of the molecule is CC(C)=CCC/C(C)=C/CO.CCCCOCC=C(C)CCC=C(C)C. The maximum absolute atomic E-state index is 8.55. The van der Waals surface area contributed by atoms with Gasteiger partial charge in [-0.25, -0.2) is 0 Å². The Bertz CT molecular complexity index is 431. The molecule has 0 spiro atoms. The first-order valence-corrected chi connectivity index (χ1v) is 10.1. The average molecular weight is 365 g/mol. The molecule has 26 heavy (non-hydrogen) atoms. The predicted molar refractivity (Wildman–Crippen MR) is 118 cm³/mol. The fourth-order valence-corrected chi connectivity index (χ4v) is 2.07. The van der Waals surface area contributed by atoms with Crippen molar-refractivity contribution in [1.82, 2.24) is 0 Å². The minimum atomic E-state index is 0.167. The van der Waals surface area contributed by atoms with Gasteiger partial charge in [-0.15, -0.1) is 0 Å². The fraction of sp³-hybridized carbons (Fsp3) is 0.667. The minimum absolute atomic E-state index is 0.167. The van der Waals surface area contributed by atoms with Gasteiger partial charge in [0.25, 0.3) is 0 Å². The second-order valence-corrected chi connectivity index (χ2v) is 7.35. The predicted octanol–water partition coefficient (Wildman–Crippen LogP) is 7.17. The van der Waals surface area contributed by atoms with E-state index in [0.29, 0.717) is 0 Å². The molecule has 0 aromatic rings. The normalized spacial score (nSPS) is 11.5. The van der Waals surface area contributed by atoms with Gasteiger partial charge in [-0.05, 0) is 73.6 Å². The Morgan fingerprint density at radius 2 is 1.27 bits per heavy atom. The highest BCUT2D eigenvalue weighted by atomic mass is 16.5. The second kappa shape index (κ2) is 20.2. The Morgan fingerprint density at radius 3 is 1.69 bits per heavy atom. The zero-order valence-electron chi connectivity index (χ0n) is 18.5. The number of unbranched alkanes of at least 4 members (excludes halogenated alkanes) is 1. The molecule has 0 saturated heterocycles. The summed E-state index contributed by atoms with van der Waals surface area (Å²) >= 11 is 0. The number of hydrogen-bond acceptors (Lipinski definition) is 2. The molecule has 2 heteroatoms. The summed E-state index contributed by atoms with van der Waals surface area (Å²) in [6, 6.07) is 0. The third-order valence-corrected chi connectivity index (χ3v) is 3.81. The highest BCUT2D eigenvalue weighted by Gasteiger charge is 1.89. The summed E-state index contributed by atoms with van der Waals surface area (Å²) in [6.45, 7) is 16.8. The smallest absolute Gasteiger partial charge is 0.0649 e. The summed E-state index contributed by atoms with van der Waals surface area (Å²) in [4.78, 5) is 0. The van der Waals surface area contributed by atoms with Crippen LogP contribution in [0.3, 0.4) is 0 Å². The number of aliphatic hydroxyl groups is 1. The minimum Gasteiger partial charge on any atom is -0.392 e. The third kappa shape index (κ3) is 25.1. The van der Waals surface area contributed by atoms with Crippen LogP contribution in [0.4, 0.5) is 0 Å². The van der Waals surface area contributed by atoms with Gasteiger partial charge in [-0.3, -0.25) is 0 Å². The molecule has 0 fully saturated rings. The van der Waals surface area contributed by atoms with Crippen LogP contribution in [0, 0.1) is 0 Å². The molecule has 0 saturated carbocycles. The van der Waals surface area contributed by atoms with E-state index in [0.717, 1.165) is 38.9 Å². The van der Waals surface area contributed by atoms with Crippen molar-refractivity contribution in [1.29, 1.82) is 0 Å². The Morgan fingerprint density at radius 1 is 0.769 bits per heavy atom. The molecule has 0 aliphatic carbocycles. The molecule has 0 heterocycles. The van der Waals surface area contributed by atoms with Gasteiger partial charge in [0.05, 0.1) is 13.2 Å². The van der Waals surface area contributed by atoms with Gasteiger partial charge in [0.2, 0.25) is 0 Å². The highest BCUT2D eigenvalue weighted by Crippen LogP contribution is 2.06. The van der Waals surface area contributed by atoms with Gasteiger partial charge in [0.15, 0.2) is 0 Å². The van der Waals surface area contributed by atoms with Gasteiger partial charge in [-0.2, -0.15) is 0 Å². The molecule has 0 aromatic heterocycles. The van der Waals surface area contributed by atoms with E-state index in [1.54, 1.807) is 0 Å². The van der Waals surface area contributed by atoms with Crippen LogP contribution in [-0.4, -0.2) is 24.9 Å². The molecular weight excluding hydrogens is 320 g/mol. The van der Waals surface area contributed by atoms with Crippen molar-refractivity contribution in [3.63, 3.8) is 0 Å². The lowest BCUT2D eigenvalue weighted by atomic mass is 10.1. The molecule has 0 radical (unpaired) electrons. The first-order chi connectivity index (χ1) is 12.3. The summed E-state index contributed by atoms with van der Waals surface area (Å²) in [6.07, 6.45) is 15.4. The Hall–Kier alpha value is -1.12. The van der Waals surface area contributed by atoms with Crippen LogP contribution in [0.25, 0.3) is 0 Å². The van der Waals surface area contributed by atoms with E-state index >= 15 is 0 Å². The molecule has 0 bridgehead atoms. The molecule has 0 unspecified atom stereocenters. The zero-order valence-corrected chi connectivity index (χ0v) is 18.5. The molecule has 0 aliphatic rings. The van der Waals surface area contributed by atoms with Crippen molar-refractivity contribution < 1.29 is 9.84 Å². The summed E-state index contributed by atoms with van der Waals surface area (Å²) in [5.74, 6) is 0. The number of allylic oxidation sites excluding steroid dienone is 6. The van der Waals surface area contributed by atoms with Crippen LogP contribution in [0.5, 0.6) is 0 Å². The highest BCUT2D eigenvalue weighted by molar-refractivity contribution is 5.02. The lowest BCUT2D eigenvalue weighted by Crippen LogP contribution is -1.94. The van der Waals surface area contributed by atoms with Crippen molar-refractivity contribution in [2.75, 3.05) is 19.8 Å². The van der Waals surface area contributed by atoms with Crippen molar-refractivity contribution in [3.8, 4) is 0 Å². The third-order valence-electron chi connectivity index (χ3n) is 3.81. The van der Waals surface area contributed by atoms with E-state index in [-0.39, 0.29) is 6.61 Å². The first kappa shape index (κ1) is 27.1. The van der Waals surface area contributed by atoms with Crippen molar-refractivity contribution in [3.05, 3.63) is 46.6 Å². The van der Waals surface area contributed by atoms with Gasteiger partial charge < -0.3 is 9.84 Å². The molecule has 0 atom stereocenters. The van der Waals surface area contributed by atoms with Gasteiger partial charge in [-0.1, -0.05) is 59.9 Å². The Balaban J connectivity index is 0. The second-order valence-electron chi connectivity index (χ2n) is 7.35. The van der Waals surface area contributed by atoms with E-state index in [1.807, 2.05) is 6.08 Å². The molecule has 0 amide bonds. The van der Waals surface area contributed by atoms with Crippen LogP contribution >= 0.6 is 0 Å². The molecule has 152 valence electrons. The molecular formula is C24H44O2. The maximum atomic E-state index is 8.55. The molecule has 0 aliphatic heterocycles. The number of rotatable bonds is 12. The lowest BCUT2D eigenvalue weighted by molar-refractivity contribution is 0.158. The first-order valence-electron chi connectivity index (χ1n) is 10.1. The number of ether oxygens (including phenoxy) is 1.